The molecule has 0 N–H and O–H groups in total. The lowest BCUT2D eigenvalue weighted by Crippen LogP contribution is -2.41. The quantitative estimate of drug-likeness (QED) is 0.769. The van der Waals surface area contributed by atoms with Crippen LogP contribution in [0.2, 0.25) is 0 Å². The molecule has 0 radical (unpaired) electrons. The highest BCUT2D eigenvalue weighted by Gasteiger charge is 2.46. The molecule has 2 aliphatic carbocycles. The number of nitrogens with zero attached hydrogens (tertiary/aromatic N) is 1. The zero-order valence-corrected chi connectivity index (χ0v) is 10.8. The third-order valence-electron chi connectivity index (χ3n) is 4.45. The first-order valence-electron chi connectivity index (χ1n) is 7.03. The molecule has 0 aromatic carbocycles. The summed E-state index contributed by atoms with van der Waals surface area (Å²) in [6.07, 6.45) is 5.90. The molecule has 18 heavy (non-hydrogen) atoms. The monoisotopic (exact) mass is 251 g/mol. The van der Waals surface area contributed by atoms with Gasteiger partial charge in [-0.25, -0.2) is 0 Å². The van der Waals surface area contributed by atoms with Crippen LogP contribution in [-0.4, -0.2) is 32.2 Å². The second-order valence-electron chi connectivity index (χ2n) is 5.96. The molecule has 4 nitrogen and oxygen atoms in total. The van der Waals surface area contributed by atoms with Gasteiger partial charge in [-0.1, -0.05) is 0 Å². The summed E-state index contributed by atoms with van der Waals surface area (Å²) in [5.74, 6) is 0.383. The molecule has 0 unspecified atom stereocenters. The van der Waals surface area contributed by atoms with Gasteiger partial charge in [-0.3, -0.25) is 0 Å². The molecular formula is C14H21NO3. The van der Waals surface area contributed by atoms with Gasteiger partial charge in [0.15, 0.2) is 5.79 Å². The van der Waals surface area contributed by atoms with Crippen molar-refractivity contribution in [3.8, 4) is 6.07 Å². The molecule has 0 bridgehead atoms. The molecule has 0 aromatic heterocycles. The van der Waals surface area contributed by atoms with E-state index in [1.807, 2.05) is 0 Å². The molecule has 2 saturated carbocycles. The Bertz CT molecular complexity index is 329. The summed E-state index contributed by atoms with van der Waals surface area (Å²) in [6.45, 7) is 2.80. The van der Waals surface area contributed by atoms with Crippen LogP contribution in [0.4, 0.5) is 0 Å². The Hall–Kier alpha value is -0.630. The van der Waals surface area contributed by atoms with Gasteiger partial charge in [0.2, 0.25) is 0 Å². The summed E-state index contributed by atoms with van der Waals surface area (Å²) in [6, 6.07) is 2.48. The standard InChI is InChI=1S/C14H21NO3/c15-10-13(11-16-9-12-1-2-12)3-5-14(6-4-13)17-7-8-18-14/h12H,1-9,11H2. The normalized spacial score (nSPS) is 29.3. The lowest BCUT2D eigenvalue weighted by Gasteiger charge is -2.39. The van der Waals surface area contributed by atoms with Crippen LogP contribution in [0.3, 0.4) is 0 Å². The van der Waals surface area contributed by atoms with Gasteiger partial charge in [-0.05, 0) is 31.6 Å². The van der Waals surface area contributed by atoms with Gasteiger partial charge in [-0.2, -0.15) is 5.26 Å². The summed E-state index contributed by atoms with van der Waals surface area (Å²) in [5, 5.41) is 9.44. The van der Waals surface area contributed by atoms with E-state index < -0.39 is 0 Å². The van der Waals surface area contributed by atoms with Gasteiger partial charge in [0, 0.05) is 19.4 Å². The maximum atomic E-state index is 9.44. The van der Waals surface area contributed by atoms with Crippen molar-refractivity contribution in [1.82, 2.24) is 0 Å². The Morgan fingerprint density at radius 2 is 1.78 bits per heavy atom. The first-order chi connectivity index (χ1) is 8.76. The number of hydrogen-bond acceptors (Lipinski definition) is 4. The SMILES string of the molecule is N#CC1(COCC2CC2)CCC2(CC1)OCCO2. The maximum Gasteiger partial charge on any atom is 0.168 e. The molecule has 1 saturated heterocycles. The van der Waals surface area contributed by atoms with E-state index in [-0.39, 0.29) is 11.2 Å². The molecule has 1 aliphatic heterocycles. The van der Waals surface area contributed by atoms with E-state index in [0.717, 1.165) is 38.2 Å². The molecular weight excluding hydrogens is 230 g/mol. The van der Waals surface area contributed by atoms with Gasteiger partial charge in [0.05, 0.1) is 31.3 Å². The third-order valence-corrected chi connectivity index (χ3v) is 4.45. The smallest absolute Gasteiger partial charge is 0.168 e. The van der Waals surface area contributed by atoms with E-state index in [0.29, 0.717) is 19.8 Å². The van der Waals surface area contributed by atoms with Crippen LogP contribution in [0.1, 0.15) is 38.5 Å². The summed E-state index contributed by atoms with van der Waals surface area (Å²) in [5.41, 5.74) is -0.310. The van der Waals surface area contributed by atoms with Crippen molar-refractivity contribution in [2.24, 2.45) is 11.3 Å². The third kappa shape index (κ3) is 2.54. The molecule has 3 aliphatic rings. The molecule has 1 heterocycles. The zero-order chi connectivity index (χ0) is 12.5. The zero-order valence-electron chi connectivity index (χ0n) is 10.8. The van der Waals surface area contributed by atoms with Gasteiger partial charge >= 0.3 is 0 Å². The topological polar surface area (TPSA) is 51.5 Å². The lowest BCUT2D eigenvalue weighted by atomic mass is 9.73. The van der Waals surface area contributed by atoms with Crippen LogP contribution in [0, 0.1) is 22.7 Å². The van der Waals surface area contributed by atoms with Crippen LogP contribution in [0.5, 0.6) is 0 Å². The lowest BCUT2D eigenvalue weighted by molar-refractivity contribution is -0.190. The fourth-order valence-electron chi connectivity index (χ4n) is 2.89. The Labute approximate surface area is 108 Å². The highest BCUT2D eigenvalue weighted by molar-refractivity contribution is 5.04. The van der Waals surface area contributed by atoms with Gasteiger partial charge < -0.3 is 14.2 Å². The number of hydrogen-bond donors (Lipinski definition) is 0. The van der Waals surface area contributed by atoms with Crippen molar-refractivity contribution in [2.45, 2.75) is 44.3 Å². The highest BCUT2D eigenvalue weighted by atomic mass is 16.7. The molecule has 3 fully saturated rings. The molecule has 3 rings (SSSR count). The second-order valence-corrected chi connectivity index (χ2v) is 5.96. The first-order valence-corrected chi connectivity index (χ1v) is 7.03. The Morgan fingerprint density at radius 1 is 1.11 bits per heavy atom. The Kier molecular flexibility index (Phi) is 3.31. The first kappa shape index (κ1) is 12.4. The predicted octanol–water partition coefficient (Wildman–Crippen LogP) is 2.24. The fourth-order valence-corrected chi connectivity index (χ4v) is 2.89. The van der Waals surface area contributed by atoms with Crippen LogP contribution in [0.15, 0.2) is 0 Å². The average Bonchev–Trinajstić information content (AvgIpc) is 3.12. The van der Waals surface area contributed by atoms with Crippen molar-refractivity contribution in [1.29, 1.82) is 5.26 Å². The van der Waals surface area contributed by atoms with Crippen molar-refractivity contribution in [2.75, 3.05) is 26.4 Å². The Morgan fingerprint density at radius 3 is 2.33 bits per heavy atom. The van der Waals surface area contributed by atoms with E-state index in [4.69, 9.17) is 14.2 Å². The Balaban J connectivity index is 1.51. The molecule has 0 amide bonds. The minimum Gasteiger partial charge on any atom is -0.380 e. The maximum absolute atomic E-state index is 9.44. The fraction of sp³-hybridized carbons (Fsp3) is 0.929. The van der Waals surface area contributed by atoms with Crippen molar-refractivity contribution in [3.63, 3.8) is 0 Å². The number of ether oxygens (including phenoxy) is 3. The molecule has 0 aromatic rings. The van der Waals surface area contributed by atoms with Gasteiger partial charge in [0.1, 0.15) is 0 Å². The largest absolute Gasteiger partial charge is 0.380 e. The van der Waals surface area contributed by atoms with Crippen LogP contribution in [-0.2, 0) is 14.2 Å². The molecule has 1 spiro atoms. The minimum absolute atomic E-state index is 0.310. The summed E-state index contributed by atoms with van der Waals surface area (Å²) < 4.78 is 17.1. The van der Waals surface area contributed by atoms with Crippen molar-refractivity contribution >= 4 is 0 Å². The average molecular weight is 251 g/mol. The van der Waals surface area contributed by atoms with E-state index in [2.05, 4.69) is 6.07 Å². The van der Waals surface area contributed by atoms with Gasteiger partial charge in [-0.15, -0.1) is 0 Å². The van der Waals surface area contributed by atoms with E-state index in [9.17, 15) is 5.26 Å². The van der Waals surface area contributed by atoms with E-state index >= 15 is 0 Å². The van der Waals surface area contributed by atoms with Crippen molar-refractivity contribution < 1.29 is 14.2 Å². The van der Waals surface area contributed by atoms with E-state index in [1.54, 1.807) is 0 Å². The summed E-state index contributed by atoms with van der Waals surface area (Å²) in [7, 11) is 0. The summed E-state index contributed by atoms with van der Waals surface area (Å²) in [4.78, 5) is 0. The van der Waals surface area contributed by atoms with Crippen LogP contribution >= 0.6 is 0 Å². The van der Waals surface area contributed by atoms with Crippen LogP contribution in [0.25, 0.3) is 0 Å². The molecule has 0 atom stereocenters. The van der Waals surface area contributed by atoms with Gasteiger partial charge in [0.25, 0.3) is 0 Å². The van der Waals surface area contributed by atoms with E-state index in [1.165, 1.54) is 12.8 Å². The number of rotatable bonds is 4. The summed E-state index contributed by atoms with van der Waals surface area (Å²) >= 11 is 0. The molecule has 4 heteroatoms. The minimum atomic E-state index is -0.378. The second kappa shape index (κ2) is 4.80. The van der Waals surface area contributed by atoms with Crippen molar-refractivity contribution in [3.05, 3.63) is 0 Å². The predicted molar refractivity (Wildman–Crippen MR) is 64.7 cm³/mol. The molecule has 100 valence electrons. The number of nitriles is 1. The highest BCUT2D eigenvalue weighted by Crippen LogP contribution is 2.44. The van der Waals surface area contributed by atoms with Crippen LogP contribution < -0.4 is 0 Å².